The highest BCUT2D eigenvalue weighted by atomic mass is 19.4. The molecule has 8 heteroatoms. The predicted molar refractivity (Wildman–Crippen MR) is 178 cm³/mol. The second-order valence-electron chi connectivity index (χ2n) is 13.9. The molecular formula is C38H46F3NO4. The molecule has 0 fully saturated rings. The third-order valence-corrected chi connectivity index (χ3v) is 7.76. The lowest BCUT2D eigenvalue weighted by molar-refractivity contribution is -0.137. The van der Waals surface area contributed by atoms with Crippen LogP contribution in [0.15, 0.2) is 67.2 Å². The third kappa shape index (κ3) is 10.2. The van der Waals surface area contributed by atoms with E-state index in [0.717, 1.165) is 22.3 Å². The molecule has 2 N–H and O–H groups in total. The molecule has 0 heterocycles. The molecule has 0 spiro atoms. The number of hydrogen-bond acceptors (Lipinski definition) is 3. The van der Waals surface area contributed by atoms with Gasteiger partial charge in [0.25, 0.3) is 5.91 Å². The summed E-state index contributed by atoms with van der Waals surface area (Å²) < 4.78 is 45.3. The quantitative estimate of drug-likeness (QED) is 0.207. The Balaban J connectivity index is 1.95. The predicted octanol–water partition coefficient (Wildman–Crippen LogP) is 10.0. The summed E-state index contributed by atoms with van der Waals surface area (Å²) in [5.41, 5.74) is 7.30. The highest BCUT2D eigenvalue weighted by molar-refractivity contribution is 5.94. The fraction of sp³-hybridized carbons (Fsp3) is 0.421. The molecule has 1 amide bonds. The van der Waals surface area contributed by atoms with E-state index in [0.29, 0.717) is 16.9 Å². The fourth-order valence-corrected chi connectivity index (χ4v) is 5.26. The van der Waals surface area contributed by atoms with Gasteiger partial charge in [-0.15, -0.1) is 0 Å². The summed E-state index contributed by atoms with van der Waals surface area (Å²) in [7, 11) is 0. The van der Waals surface area contributed by atoms with E-state index >= 15 is 0 Å². The van der Waals surface area contributed by atoms with Crippen LogP contribution in [-0.2, 0) is 15.6 Å². The molecule has 46 heavy (non-hydrogen) atoms. The van der Waals surface area contributed by atoms with Crippen molar-refractivity contribution in [3.63, 3.8) is 0 Å². The molecule has 0 bridgehead atoms. The number of carbonyl (C=O) groups excluding carboxylic acids is 1. The molecule has 248 valence electrons. The van der Waals surface area contributed by atoms with Crippen LogP contribution in [-0.4, -0.2) is 29.7 Å². The average molecular weight is 638 g/mol. The first-order chi connectivity index (χ1) is 21.3. The molecule has 1 atom stereocenters. The van der Waals surface area contributed by atoms with E-state index in [1.54, 1.807) is 24.3 Å². The number of rotatable bonds is 12. The van der Waals surface area contributed by atoms with E-state index in [-0.39, 0.29) is 36.6 Å². The largest absolute Gasteiger partial charge is 0.486 e. The molecule has 0 saturated heterocycles. The first-order valence-corrected chi connectivity index (χ1v) is 15.5. The number of hydrogen-bond donors (Lipinski definition) is 2. The summed E-state index contributed by atoms with van der Waals surface area (Å²) in [5, 5.41) is 11.3. The summed E-state index contributed by atoms with van der Waals surface area (Å²) in [5.74, 6) is -0.935. The van der Waals surface area contributed by atoms with Gasteiger partial charge in [-0.25, -0.2) is 0 Å². The van der Waals surface area contributed by atoms with Crippen LogP contribution in [0.2, 0.25) is 0 Å². The van der Waals surface area contributed by atoms with Gasteiger partial charge >= 0.3 is 12.1 Å². The van der Waals surface area contributed by atoms with Crippen molar-refractivity contribution in [2.24, 2.45) is 0 Å². The molecule has 0 aromatic heterocycles. The maximum absolute atomic E-state index is 13.0. The number of aliphatic carboxylic acids is 1. The minimum atomic E-state index is -4.28. The number of nitrogens with one attached hydrogen (secondary N) is 1. The second kappa shape index (κ2) is 14.6. The van der Waals surface area contributed by atoms with Gasteiger partial charge in [-0.2, -0.15) is 13.2 Å². The van der Waals surface area contributed by atoms with Crippen LogP contribution < -0.4 is 10.1 Å². The Morgan fingerprint density at radius 2 is 1.41 bits per heavy atom. The zero-order chi connectivity index (χ0) is 34.4. The van der Waals surface area contributed by atoms with Crippen molar-refractivity contribution < 1.29 is 32.6 Å². The number of allylic oxidation sites excluding steroid dienone is 1. The van der Waals surface area contributed by atoms with E-state index in [9.17, 15) is 22.8 Å². The van der Waals surface area contributed by atoms with Crippen LogP contribution in [0.25, 0.3) is 16.7 Å². The summed E-state index contributed by atoms with van der Waals surface area (Å²) in [6.45, 7) is 19.3. The van der Waals surface area contributed by atoms with Crippen molar-refractivity contribution in [2.45, 2.75) is 97.3 Å². The second-order valence-corrected chi connectivity index (χ2v) is 13.9. The lowest BCUT2D eigenvalue weighted by Crippen LogP contribution is -2.26. The number of alkyl halides is 3. The Labute approximate surface area is 270 Å². The van der Waals surface area contributed by atoms with Crippen molar-refractivity contribution in [3.8, 4) is 16.9 Å². The van der Waals surface area contributed by atoms with Gasteiger partial charge in [0.2, 0.25) is 0 Å². The molecule has 3 aromatic carbocycles. The summed E-state index contributed by atoms with van der Waals surface area (Å²) in [6, 6.07) is 18.6. The Kier molecular flexibility index (Phi) is 11.5. The SMILES string of the molecule is C=C(C)c1cc(C(C)(C)C)c(-c2ccc(OC(CCCC(F)(F)F)c3ccc(C(=O)NCCC(=O)O)cc3)cc2)c(C(C)(C)C)c1. The van der Waals surface area contributed by atoms with Crippen molar-refractivity contribution in [2.75, 3.05) is 6.54 Å². The molecule has 0 aliphatic heterocycles. The minimum absolute atomic E-state index is 0.0123. The summed E-state index contributed by atoms with van der Waals surface area (Å²) in [6.07, 6.45) is -6.09. The van der Waals surface area contributed by atoms with Crippen LogP contribution in [0, 0.1) is 0 Å². The van der Waals surface area contributed by atoms with Gasteiger partial charge in [-0.1, -0.05) is 90.1 Å². The lowest BCUT2D eigenvalue weighted by atomic mass is 9.73. The molecule has 0 aliphatic carbocycles. The minimum Gasteiger partial charge on any atom is -0.486 e. The van der Waals surface area contributed by atoms with Gasteiger partial charge in [0.1, 0.15) is 11.9 Å². The van der Waals surface area contributed by atoms with Gasteiger partial charge in [-0.3, -0.25) is 9.59 Å². The van der Waals surface area contributed by atoms with Crippen molar-refractivity contribution in [1.82, 2.24) is 5.32 Å². The molecule has 5 nitrogen and oxygen atoms in total. The third-order valence-electron chi connectivity index (χ3n) is 7.76. The van der Waals surface area contributed by atoms with Gasteiger partial charge in [0, 0.05) is 18.5 Å². The molecule has 3 rings (SSSR count). The average Bonchev–Trinajstić information content (AvgIpc) is 2.94. The number of amides is 1. The summed E-state index contributed by atoms with van der Waals surface area (Å²) >= 11 is 0. The molecule has 0 radical (unpaired) electrons. The van der Waals surface area contributed by atoms with Gasteiger partial charge in [0.15, 0.2) is 0 Å². The molecule has 0 saturated carbocycles. The van der Waals surface area contributed by atoms with Crippen LogP contribution >= 0.6 is 0 Å². The topological polar surface area (TPSA) is 75.6 Å². The van der Waals surface area contributed by atoms with E-state index in [1.807, 2.05) is 31.2 Å². The number of benzene rings is 3. The number of carboxylic acids is 1. The monoisotopic (exact) mass is 637 g/mol. The lowest BCUT2D eigenvalue weighted by Gasteiger charge is -2.31. The van der Waals surface area contributed by atoms with E-state index in [2.05, 4.69) is 65.6 Å². The molecule has 0 aliphatic rings. The highest BCUT2D eigenvalue weighted by Crippen LogP contribution is 2.43. The van der Waals surface area contributed by atoms with Crippen molar-refractivity contribution in [3.05, 3.63) is 95.1 Å². The van der Waals surface area contributed by atoms with Crippen LogP contribution in [0.3, 0.4) is 0 Å². The van der Waals surface area contributed by atoms with Crippen molar-refractivity contribution >= 4 is 17.4 Å². The van der Waals surface area contributed by atoms with Gasteiger partial charge in [0.05, 0.1) is 6.42 Å². The molecule has 3 aromatic rings. The highest BCUT2D eigenvalue weighted by Gasteiger charge is 2.29. The number of halogens is 3. The smallest absolute Gasteiger partial charge is 0.389 e. The normalized spacial score (nSPS) is 12.8. The Morgan fingerprint density at radius 3 is 1.87 bits per heavy atom. The zero-order valence-electron chi connectivity index (χ0n) is 27.9. The standard InChI is InChI=1S/C38H46F3NO4/c1-24(2)28-22-30(36(3,4)5)34(31(23-28)37(6,7)8)26-15-17-29(18-16-26)46-32(10-9-20-38(39,40)41)25-11-13-27(14-12-25)35(45)42-21-19-33(43)44/h11-18,22-23,32H,1,9-10,19-21H2,2-8H3,(H,42,45)(H,43,44). The van der Waals surface area contributed by atoms with Crippen LogP contribution in [0.4, 0.5) is 13.2 Å². The van der Waals surface area contributed by atoms with Gasteiger partial charge in [-0.05, 0) is 88.2 Å². The van der Waals surface area contributed by atoms with Gasteiger partial charge < -0.3 is 15.2 Å². The molecule has 1 unspecified atom stereocenters. The Morgan fingerprint density at radius 1 is 0.870 bits per heavy atom. The first kappa shape index (κ1) is 36.4. The van der Waals surface area contributed by atoms with Crippen molar-refractivity contribution in [1.29, 1.82) is 0 Å². The number of carbonyl (C=O) groups is 2. The summed E-state index contributed by atoms with van der Waals surface area (Å²) in [4.78, 5) is 23.1. The van der Waals surface area contributed by atoms with Crippen LogP contribution in [0.5, 0.6) is 5.75 Å². The Hall–Kier alpha value is -4.07. The maximum atomic E-state index is 13.0. The Bertz CT molecular complexity index is 1490. The van der Waals surface area contributed by atoms with Crippen LogP contribution in [0.1, 0.15) is 113 Å². The van der Waals surface area contributed by atoms with E-state index in [1.165, 1.54) is 11.1 Å². The fourth-order valence-electron chi connectivity index (χ4n) is 5.26. The van der Waals surface area contributed by atoms with E-state index in [4.69, 9.17) is 9.84 Å². The number of ether oxygens (including phenoxy) is 1. The molecular weight excluding hydrogens is 591 g/mol. The zero-order valence-corrected chi connectivity index (χ0v) is 27.9. The maximum Gasteiger partial charge on any atom is 0.389 e. The first-order valence-electron chi connectivity index (χ1n) is 15.5. The number of carboxylic acid groups (broad SMARTS) is 1. The van der Waals surface area contributed by atoms with E-state index < -0.39 is 30.6 Å².